The van der Waals surface area contributed by atoms with E-state index in [0.29, 0.717) is 18.7 Å². The number of hydrogen-bond acceptors (Lipinski definition) is 4. The SMILES string of the molecule is CCNC(=O)c1ccc(NCC(=O)NCC2CCCO2)cc1. The summed E-state index contributed by atoms with van der Waals surface area (Å²) in [4.78, 5) is 23.4. The van der Waals surface area contributed by atoms with Crippen LogP contribution in [-0.4, -0.2) is 44.2 Å². The molecular weight excluding hydrogens is 282 g/mol. The van der Waals surface area contributed by atoms with Crippen molar-refractivity contribution < 1.29 is 14.3 Å². The molecule has 0 spiro atoms. The molecule has 0 saturated carbocycles. The van der Waals surface area contributed by atoms with Crippen molar-refractivity contribution in [3.8, 4) is 0 Å². The van der Waals surface area contributed by atoms with E-state index in [9.17, 15) is 9.59 Å². The van der Waals surface area contributed by atoms with E-state index in [-0.39, 0.29) is 24.5 Å². The summed E-state index contributed by atoms with van der Waals surface area (Å²) in [5, 5.41) is 8.62. The second-order valence-electron chi connectivity index (χ2n) is 5.23. The molecule has 1 heterocycles. The van der Waals surface area contributed by atoms with Crippen LogP contribution >= 0.6 is 0 Å². The van der Waals surface area contributed by atoms with Crippen molar-refractivity contribution in [1.29, 1.82) is 0 Å². The Hall–Kier alpha value is -2.08. The number of carbonyl (C=O) groups excluding carboxylic acids is 2. The van der Waals surface area contributed by atoms with Gasteiger partial charge >= 0.3 is 0 Å². The molecule has 3 N–H and O–H groups in total. The standard InChI is InChI=1S/C16H23N3O3/c1-2-17-16(21)12-5-7-13(8-6-12)18-11-15(20)19-10-14-4-3-9-22-14/h5-8,14,18H,2-4,9-11H2,1H3,(H,17,21)(H,19,20). The Morgan fingerprint density at radius 1 is 1.23 bits per heavy atom. The lowest BCUT2D eigenvalue weighted by molar-refractivity contribution is -0.119. The van der Waals surface area contributed by atoms with Crippen LogP contribution < -0.4 is 16.0 Å². The molecule has 22 heavy (non-hydrogen) atoms. The molecule has 1 saturated heterocycles. The third-order valence-electron chi connectivity index (χ3n) is 3.49. The zero-order chi connectivity index (χ0) is 15.8. The second kappa shape index (κ2) is 8.38. The number of hydrogen-bond donors (Lipinski definition) is 3. The fourth-order valence-corrected chi connectivity index (χ4v) is 2.28. The van der Waals surface area contributed by atoms with Crippen LogP contribution in [0.2, 0.25) is 0 Å². The van der Waals surface area contributed by atoms with Crippen molar-refractivity contribution in [3.05, 3.63) is 29.8 Å². The molecule has 2 rings (SSSR count). The van der Waals surface area contributed by atoms with Crippen LogP contribution in [-0.2, 0) is 9.53 Å². The summed E-state index contributed by atoms with van der Waals surface area (Å²) >= 11 is 0. The maximum absolute atomic E-state index is 11.7. The summed E-state index contributed by atoms with van der Waals surface area (Å²) in [7, 11) is 0. The Balaban J connectivity index is 1.71. The number of benzene rings is 1. The monoisotopic (exact) mass is 305 g/mol. The van der Waals surface area contributed by atoms with Gasteiger partial charge in [-0.1, -0.05) is 0 Å². The van der Waals surface area contributed by atoms with Crippen molar-refractivity contribution in [2.24, 2.45) is 0 Å². The Morgan fingerprint density at radius 3 is 2.64 bits per heavy atom. The van der Waals surface area contributed by atoms with E-state index >= 15 is 0 Å². The fraction of sp³-hybridized carbons (Fsp3) is 0.500. The van der Waals surface area contributed by atoms with Gasteiger partial charge in [0.05, 0.1) is 12.6 Å². The maximum atomic E-state index is 11.7. The molecule has 6 heteroatoms. The molecule has 2 amide bonds. The molecule has 1 aliphatic heterocycles. The maximum Gasteiger partial charge on any atom is 0.251 e. The lowest BCUT2D eigenvalue weighted by Gasteiger charge is -2.12. The van der Waals surface area contributed by atoms with E-state index < -0.39 is 0 Å². The average Bonchev–Trinajstić information content (AvgIpc) is 3.05. The Morgan fingerprint density at radius 2 is 2.00 bits per heavy atom. The Bertz CT molecular complexity index is 496. The van der Waals surface area contributed by atoms with Gasteiger partial charge in [-0.25, -0.2) is 0 Å². The average molecular weight is 305 g/mol. The van der Waals surface area contributed by atoms with E-state index in [0.717, 1.165) is 25.1 Å². The van der Waals surface area contributed by atoms with Gasteiger partial charge in [0.15, 0.2) is 0 Å². The summed E-state index contributed by atoms with van der Waals surface area (Å²) in [6.07, 6.45) is 2.23. The number of carbonyl (C=O) groups is 2. The molecular formula is C16H23N3O3. The first-order chi connectivity index (χ1) is 10.7. The van der Waals surface area contributed by atoms with Crippen molar-refractivity contribution >= 4 is 17.5 Å². The summed E-state index contributed by atoms with van der Waals surface area (Å²) in [6.45, 7) is 4.04. The van der Waals surface area contributed by atoms with E-state index in [2.05, 4.69) is 16.0 Å². The minimum Gasteiger partial charge on any atom is -0.376 e. The van der Waals surface area contributed by atoms with Gasteiger partial charge in [0.25, 0.3) is 5.91 Å². The normalized spacial score (nSPS) is 17.0. The zero-order valence-corrected chi connectivity index (χ0v) is 12.9. The number of nitrogens with one attached hydrogen (secondary N) is 3. The molecule has 1 atom stereocenters. The van der Waals surface area contributed by atoms with Crippen LogP contribution in [0.1, 0.15) is 30.1 Å². The van der Waals surface area contributed by atoms with E-state index in [4.69, 9.17) is 4.74 Å². The van der Waals surface area contributed by atoms with Crippen LogP contribution in [0.4, 0.5) is 5.69 Å². The lowest BCUT2D eigenvalue weighted by atomic mass is 10.2. The molecule has 6 nitrogen and oxygen atoms in total. The van der Waals surface area contributed by atoms with Gasteiger partial charge in [-0.2, -0.15) is 0 Å². The van der Waals surface area contributed by atoms with Crippen LogP contribution in [0.25, 0.3) is 0 Å². The molecule has 0 radical (unpaired) electrons. The van der Waals surface area contributed by atoms with Crippen LogP contribution in [0, 0.1) is 0 Å². The van der Waals surface area contributed by atoms with Gasteiger partial charge in [-0.3, -0.25) is 9.59 Å². The van der Waals surface area contributed by atoms with Crippen LogP contribution in [0.5, 0.6) is 0 Å². The minimum atomic E-state index is -0.0941. The molecule has 120 valence electrons. The molecule has 1 aromatic carbocycles. The van der Waals surface area contributed by atoms with Gasteiger partial charge in [-0.15, -0.1) is 0 Å². The first-order valence-corrected chi connectivity index (χ1v) is 7.69. The van der Waals surface area contributed by atoms with Gasteiger partial charge in [0, 0.05) is 30.9 Å². The number of ether oxygens (including phenoxy) is 1. The van der Waals surface area contributed by atoms with Gasteiger partial charge in [-0.05, 0) is 44.0 Å². The summed E-state index contributed by atoms with van der Waals surface area (Å²) < 4.78 is 5.45. The second-order valence-corrected chi connectivity index (χ2v) is 5.23. The lowest BCUT2D eigenvalue weighted by Crippen LogP contribution is -2.35. The van der Waals surface area contributed by atoms with Crippen molar-refractivity contribution in [1.82, 2.24) is 10.6 Å². The topological polar surface area (TPSA) is 79.5 Å². The Labute approximate surface area is 130 Å². The van der Waals surface area contributed by atoms with E-state index in [1.807, 2.05) is 6.92 Å². The highest BCUT2D eigenvalue weighted by atomic mass is 16.5. The first-order valence-electron chi connectivity index (χ1n) is 7.69. The predicted molar refractivity (Wildman–Crippen MR) is 84.9 cm³/mol. The smallest absolute Gasteiger partial charge is 0.251 e. The molecule has 0 aliphatic carbocycles. The van der Waals surface area contributed by atoms with Gasteiger partial charge in [0.2, 0.25) is 5.91 Å². The number of rotatable bonds is 7. The zero-order valence-electron chi connectivity index (χ0n) is 12.9. The van der Waals surface area contributed by atoms with Crippen molar-refractivity contribution in [2.45, 2.75) is 25.9 Å². The molecule has 1 aromatic rings. The third-order valence-corrected chi connectivity index (χ3v) is 3.49. The van der Waals surface area contributed by atoms with E-state index in [1.165, 1.54) is 0 Å². The van der Waals surface area contributed by atoms with Crippen LogP contribution in [0.15, 0.2) is 24.3 Å². The molecule has 1 unspecified atom stereocenters. The highest BCUT2D eigenvalue weighted by molar-refractivity contribution is 5.94. The number of anilines is 1. The molecule has 1 fully saturated rings. The van der Waals surface area contributed by atoms with Crippen molar-refractivity contribution in [3.63, 3.8) is 0 Å². The molecule has 0 bridgehead atoms. The fourth-order valence-electron chi connectivity index (χ4n) is 2.28. The highest BCUT2D eigenvalue weighted by Gasteiger charge is 2.15. The molecule has 0 aromatic heterocycles. The summed E-state index contributed by atoms with van der Waals surface area (Å²) in [6, 6.07) is 7.05. The van der Waals surface area contributed by atoms with Gasteiger partial charge < -0.3 is 20.7 Å². The summed E-state index contributed by atoms with van der Waals surface area (Å²) in [5.41, 5.74) is 1.41. The molecule has 1 aliphatic rings. The van der Waals surface area contributed by atoms with Gasteiger partial charge in [0.1, 0.15) is 0 Å². The summed E-state index contributed by atoms with van der Waals surface area (Å²) in [5.74, 6) is -0.161. The largest absolute Gasteiger partial charge is 0.376 e. The third kappa shape index (κ3) is 5.04. The minimum absolute atomic E-state index is 0.0664. The van der Waals surface area contributed by atoms with E-state index in [1.54, 1.807) is 24.3 Å². The Kier molecular flexibility index (Phi) is 6.21. The highest BCUT2D eigenvalue weighted by Crippen LogP contribution is 2.11. The number of amides is 2. The predicted octanol–water partition coefficient (Wildman–Crippen LogP) is 1.14. The van der Waals surface area contributed by atoms with Crippen LogP contribution in [0.3, 0.4) is 0 Å². The first kappa shape index (κ1) is 16.3. The quantitative estimate of drug-likeness (QED) is 0.706. The van der Waals surface area contributed by atoms with Crippen molar-refractivity contribution in [2.75, 3.05) is 31.6 Å².